The van der Waals surface area contributed by atoms with E-state index >= 15 is 0 Å². The van der Waals surface area contributed by atoms with Gasteiger partial charge in [-0.3, -0.25) is 9.59 Å². The standard InChI is InChI=1S/C14H15ClN4O2/c15-12-6-5-10(16-17-12)9-18-7-8-19(14(21)13(18)20)11-3-1-2-4-11/h5-8,11H,1-4,9H2. The molecule has 1 aliphatic carbocycles. The number of rotatable bonds is 3. The highest BCUT2D eigenvalue weighted by Gasteiger charge is 2.19. The fourth-order valence-electron chi connectivity index (χ4n) is 2.72. The van der Waals surface area contributed by atoms with Crippen LogP contribution in [0.1, 0.15) is 37.4 Å². The predicted octanol–water partition coefficient (Wildman–Crippen LogP) is 1.62. The fourth-order valence-corrected chi connectivity index (χ4v) is 2.82. The quantitative estimate of drug-likeness (QED) is 0.808. The van der Waals surface area contributed by atoms with Crippen molar-refractivity contribution in [1.82, 2.24) is 19.3 Å². The molecule has 0 amide bonds. The largest absolute Gasteiger partial charge is 0.316 e. The maximum Gasteiger partial charge on any atom is 0.316 e. The maximum absolute atomic E-state index is 12.2. The zero-order chi connectivity index (χ0) is 14.8. The number of nitrogens with zero attached hydrogens (tertiary/aromatic N) is 4. The van der Waals surface area contributed by atoms with Crippen molar-refractivity contribution in [3.8, 4) is 0 Å². The molecular formula is C14H15ClN4O2. The Morgan fingerprint density at radius 1 is 1.10 bits per heavy atom. The topological polar surface area (TPSA) is 69.8 Å². The lowest BCUT2D eigenvalue weighted by atomic mass is 10.2. The summed E-state index contributed by atoms with van der Waals surface area (Å²) in [5, 5.41) is 7.91. The summed E-state index contributed by atoms with van der Waals surface area (Å²) < 4.78 is 2.92. The van der Waals surface area contributed by atoms with E-state index in [9.17, 15) is 9.59 Å². The molecule has 1 aliphatic rings. The Bertz CT molecular complexity index is 745. The Labute approximate surface area is 126 Å². The van der Waals surface area contributed by atoms with E-state index in [4.69, 9.17) is 11.6 Å². The first-order valence-corrected chi connectivity index (χ1v) is 7.32. The normalized spacial score (nSPS) is 15.5. The van der Waals surface area contributed by atoms with Gasteiger partial charge in [0.1, 0.15) is 0 Å². The first-order valence-electron chi connectivity index (χ1n) is 6.95. The molecule has 0 N–H and O–H groups in total. The summed E-state index contributed by atoms with van der Waals surface area (Å²) in [7, 11) is 0. The van der Waals surface area contributed by atoms with E-state index in [2.05, 4.69) is 10.2 Å². The molecule has 2 aromatic heterocycles. The van der Waals surface area contributed by atoms with Crippen LogP contribution in [0.25, 0.3) is 0 Å². The molecule has 0 radical (unpaired) electrons. The number of hydrogen-bond donors (Lipinski definition) is 0. The highest BCUT2D eigenvalue weighted by atomic mass is 35.5. The number of aromatic nitrogens is 4. The van der Waals surface area contributed by atoms with E-state index in [1.54, 1.807) is 29.1 Å². The number of halogens is 1. The third-order valence-electron chi connectivity index (χ3n) is 3.82. The van der Waals surface area contributed by atoms with Gasteiger partial charge in [0.25, 0.3) is 0 Å². The van der Waals surface area contributed by atoms with Gasteiger partial charge in [-0.05, 0) is 25.0 Å². The highest BCUT2D eigenvalue weighted by Crippen LogP contribution is 2.27. The predicted molar refractivity (Wildman–Crippen MR) is 78.6 cm³/mol. The second-order valence-corrected chi connectivity index (χ2v) is 5.62. The van der Waals surface area contributed by atoms with Crippen molar-refractivity contribution in [2.75, 3.05) is 0 Å². The zero-order valence-electron chi connectivity index (χ0n) is 11.4. The molecule has 0 saturated heterocycles. The summed E-state index contributed by atoms with van der Waals surface area (Å²) in [6.45, 7) is 0.212. The van der Waals surface area contributed by atoms with Crippen molar-refractivity contribution in [2.24, 2.45) is 0 Å². The van der Waals surface area contributed by atoms with Crippen LogP contribution in [0, 0.1) is 0 Å². The van der Waals surface area contributed by atoms with Crippen LogP contribution in [-0.4, -0.2) is 19.3 Å². The third kappa shape index (κ3) is 2.90. The third-order valence-corrected chi connectivity index (χ3v) is 4.02. The number of hydrogen-bond acceptors (Lipinski definition) is 4. The fraction of sp³-hybridized carbons (Fsp3) is 0.429. The van der Waals surface area contributed by atoms with Gasteiger partial charge in [0, 0.05) is 18.4 Å². The van der Waals surface area contributed by atoms with Gasteiger partial charge < -0.3 is 9.13 Å². The lowest BCUT2D eigenvalue weighted by Gasteiger charge is -2.14. The molecule has 110 valence electrons. The van der Waals surface area contributed by atoms with Gasteiger partial charge in [0.2, 0.25) is 0 Å². The minimum Gasteiger partial charge on any atom is -0.306 e. The van der Waals surface area contributed by atoms with Crippen molar-refractivity contribution >= 4 is 11.6 Å². The Morgan fingerprint density at radius 3 is 2.52 bits per heavy atom. The summed E-state index contributed by atoms with van der Waals surface area (Å²) in [6, 6.07) is 3.45. The second kappa shape index (κ2) is 5.81. The van der Waals surface area contributed by atoms with Crippen molar-refractivity contribution in [3.63, 3.8) is 0 Å². The molecule has 0 atom stereocenters. The maximum atomic E-state index is 12.2. The molecule has 0 spiro atoms. The van der Waals surface area contributed by atoms with Crippen molar-refractivity contribution < 1.29 is 0 Å². The Morgan fingerprint density at radius 2 is 1.86 bits per heavy atom. The molecular weight excluding hydrogens is 292 g/mol. The lowest BCUT2D eigenvalue weighted by molar-refractivity contribution is 0.487. The first-order chi connectivity index (χ1) is 10.1. The van der Waals surface area contributed by atoms with Gasteiger partial charge >= 0.3 is 11.1 Å². The van der Waals surface area contributed by atoms with Crippen molar-refractivity contribution in [3.05, 3.63) is 56.1 Å². The van der Waals surface area contributed by atoms with Crippen molar-refractivity contribution in [1.29, 1.82) is 0 Å². The minimum absolute atomic E-state index is 0.162. The Kier molecular flexibility index (Phi) is 3.88. The molecule has 3 rings (SSSR count). The molecule has 0 aliphatic heterocycles. The monoisotopic (exact) mass is 306 g/mol. The molecule has 1 saturated carbocycles. The lowest BCUT2D eigenvalue weighted by Crippen LogP contribution is -2.41. The Balaban J connectivity index is 1.90. The van der Waals surface area contributed by atoms with Gasteiger partial charge in [-0.15, -0.1) is 5.10 Å². The molecule has 2 aromatic rings. The van der Waals surface area contributed by atoms with Crippen LogP contribution in [0.3, 0.4) is 0 Å². The minimum atomic E-state index is -0.527. The van der Waals surface area contributed by atoms with E-state index in [0.29, 0.717) is 10.8 Å². The van der Waals surface area contributed by atoms with Crippen LogP contribution in [0.4, 0.5) is 0 Å². The molecule has 2 heterocycles. The van der Waals surface area contributed by atoms with E-state index in [1.165, 1.54) is 4.57 Å². The van der Waals surface area contributed by atoms with Gasteiger partial charge in [0.05, 0.1) is 12.2 Å². The van der Waals surface area contributed by atoms with E-state index in [1.807, 2.05) is 0 Å². The molecule has 7 heteroatoms. The van der Waals surface area contributed by atoms with Crippen LogP contribution in [-0.2, 0) is 6.54 Å². The van der Waals surface area contributed by atoms with E-state index in [-0.39, 0.29) is 12.6 Å². The van der Waals surface area contributed by atoms with Crippen LogP contribution in [0.15, 0.2) is 34.1 Å². The van der Waals surface area contributed by atoms with Gasteiger partial charge in [-0.1, -0.05) is 24.4 Å². The molecule has 21 heavy (non-hydrogen) atoms. The van der Waals surface area contributed by atoms with Crippen LogP contribution in [0.5, 0.6) is 0 Å². The molecule has 0 bridgehead atoms. The average Bonchev–Trinajstić information content (AvgIpc) is 3.00. The molecule has 0 aromatic carbocycles. The second-order valence-electron chi connectivity index (χ2n) is 5.23. The van der Waals surface area contributed by atoms with Crippen LogP contribution in [0.2, 0.25) is 5.15 Å². The first kappa shape index (κ1) is 14.0. The molecule has 6 nitrogen and oxygen atoms in total. The Hall–Kier alpha value is -1.95. The van der Waals surface area contributed by atoms with Crippen LogP contribution >= 0.6 is 11.6 Å². The summed E-state index contributed by atoms with van der Waals surface area (Å²) in [5.74, 6) is 0. The highest BCUT2D eigenvalue weighted by molar-refractivity contribution is 6.29. The van der Waals surface area contributed by atoms with Gasteiger partial charge in [-0.25, -0.2) is 0 Å². The van der Waals surface area contributed by atoms with E-state index in [0.717, 1.165) is 25.7 Å². The summed E-state index contributed by atoms with van der Waals surface area (Å²) >= 11 is 5.67. The van der Waals surface area contributed by atoms with Crippen molar-refractivity contribution in [2.45, 2.75) is 38.3 Å². The van der Waals surface area contributed by atoms with Crippen LogP contribution < -0.4 is 11.1 Å². The summed E-state index contributed by atoms with van der Waals surface area (Å²) in [6.07, 6.45) is 7.49. The summed E-state index contributed by atoms with van der Waals surface area (Å²) in [4.78, 5) is 24.4. The average molecular weight is 307 g/mol. The van der Waals surface area contributed by atoms with Gasteiger partial charge in [0.15, 0.2) is 5.15 Å². The molecule has 0 unspecified atom stereocenters. The van der Waals surface area contributed by atoms with E-state index < -0.39 is 11.1 Å². The SMILES string of the molecule is O=c1c(=O)n(C2CCCC2)ccn1Cc1ccc(Cl)nn1. The molecule has 1 fully saturated rings. The smallest absolute Gasteiger partial charge is 0.306 e. The van der Waals surface area contributed by atoms with Gasteiger partial charge in [-0.2, -0.15) is 5.10 Å². The zero-order valence-corrected chi connectivity index (χ0v) is 12.2. The summed E-state index contributed by atoms with van der Waals surface area (Å²) in [5.41, 5.74) is -0.410.